The molecule has 1 amide bonds. The molecule has 2 aliphatic rings. The van der Waals surface area contributed by atoms with Crippen molar-refractivity contribution in [2.24, 2.45) is 0 Å². The predicted molar refractivity (Wildman–Crippen MR) is 185 cm³/mol. The summed E-state index contributed by atoms with van der Waals surface area (Å²) in [5, 5.41) is 16.4. The highest BCUT2D eigenvalue weighted by Gasteiger charge is 2.35. The number of carbonyl (C=O) groups is 2. The van der Waals surface area contributed by atoms with Gasteiger partial charge in [-0.05, 0) is 97.2 Å². The van der Waals surface area contributed by atoms with Crippen molar-refractivity contribution in [2.45, 2.75) is 84.3 Å². The van der Waals surface area contributed by atoms with Crippen LogP contribution in [0.15, 0.2) is 84.2 Å². The summed E-state index contributed by atoms with van der Waals surface area (Å²) in [5.74, 6) is 1.14. The largest absolute Gasteiger partial charge is 0.491 e. The van der Waals surface area contributed by atoms with Gasteiger partial charge in [-0.15, -0.1) is 0 Å². The van der Waals surface area contributed by atoms with Crippen molar-refractivity contribution >= 4 is 23.3 Å². The van der Waals surface area contributed by atoms with E-state index in [2.05, 4.69) is 48.7 Å². The Labute approximate surface area is 273 Å². The second kappa shape index (κ2) is 16.9. The van der Waals surface area contributed by atoms with Crippen molar-refractivity contribution in [1.82, 2.24) is 4.90 Å². The van der Waals surface area contributed by atoms with E-state index in [4.69, 9.17) is 14.6 Å². The maximum Gasteiger partial charge on any atom is 0.335 e. The number of carbonyl (C=O) groups excluding carboxylic acids is 1. The minimum atomic E-state index is -0.980. The Morgan fingerprint density at radius 2 is 1.67 bits per heavy atom. The number of amides is 1. The molecule has 2 fully saturated rings. The smallest absolute Gasteiger partial charge is 0.335 e. The summed E-state index contributed by atoms with van der Waals surface area (Å²) < 4.78 is 11.5. The molecule has 3 unspecified atom stereocenters. The van der Waals surface area contributed by atoms with Gasteiger partial charge in [0, 0.05) is 25.0 Å². The number of carboxylic acids is 1. The van der Waals surface area contributed by atoms with Crippen LogP contribution in [0.2, 0.25) is 0 Å². The minimum absolute atomic E-state index is 0.0284. The number of hydrogen-bond donors (Lipinski definition) is 3. The molecule has 0 radical (unpaired) electrons. The summed E-state index contributed by atoms with van der Waals surface area (Å²) in [4.78, 5) is 26.4. The second-order valence-corrected chi connectivity index (χ2v) is 11.8. The Morgan fingerprint density at radius 3 is 2.28 bits per heavy atom. The molecule has 0 bridgehead atoms. The zero-order chi connectivity index (χ0) is 33.1. The minimum Gasteiger partial charge on any atom is -0.491 e. The van der Waals surface area contributed by atoms with E-state index in [-0.39, 0.29) is 30.0 Å². The lowest BCUT2D eigenvalue weighted by molar-refractivity contribution is -0.132. The first-order valence-corrected chi connectivity index (χ1v) is 16.6. The average Bonchev–Trinajstić information content (AvgIpc) is 3.48. The number of benzene rings is 3. The van der Waals surface area contributed by atoms with E-state index in [1.54, 1.807) is 19.2 Å². The molecule has 3 N–H and O–H groups in total. The summed E-state index contributed by atoms with van der Waals surface area (Å²) in [6.07, 6.45) is 5.38. The van der Waals surface area contributed by atoms with Crippen LogP contribution in [0.3, 0.4) is 0 Å². The topological polar surface area (TPSA) is 100 Å². The number of rotatable bonds is 13. The quantitative estimate of drug-likeness (QED) is 0.176. The fraction of sp³-hybridized carbons (Fsp3) is 0.421. The molecule has 8 heteroatoms. The summed E-state index contributed by atoms with van der Waals surface area (Å²) in [6.45, 7) is 9.31. The van der Waals surface area contributed by atoms with Crippen LogP contribution in [0, 0.1) is 0 Å². The Kier molecular flexibility index (Phi) is 12.7. The molecule has 0 spiro atoms. The zero-order valence-corrected chi connectivity index (χ0v) is 27.8. The standard InChI is InChI=1S/C36H43N3O5.C2H6/c1-4-24(2)32-10-5-6-11-33(32)38-35(26-8-7-9-26)37-28-16-12-25(13-17-28)20-34(40)39-22-31(43-3)21-29(39)23-44-30-18-14-27(15-19-30)36(41)42;1-2/h5-6,10-19,24,29,31,37-38H,4,7-9,20-23H2,1-3H3,(H,41,42);1-2H3. The van der Waals surface area contributed by atoms with Gasteiger partial charge < -0.3 is 30.1 Å². The number of anilines is 2. The molecule has 1 saturated carbocycles. The van der Waals surface area contributed by atoms with Gasteiger partial charge in [-0.1, -0.05) is 58.0 Å². The Hall–Kier alpha value is -4.30. The first-order valence-electron chi connectivity index (χ1n) is 16.6. The number of nitrogens with zero attached hydrogens (tertiary/aromatic N) is 1. The third kappa shape index (κ3) is 8.91. The highest BCUT2D eigenvalue weighted by atomic mass is 16.5. The number of nitrogens with one attached hydrogen (secondary N) is 2. The average molecular weight is 628 g/mol. The number of methoxy groups -OCH3 is 1. The van der Waals surface area contributed by atoms with E-state index in [9.17, 15) is 9.59 Å². The van der Waals surface area contributed by atoms with Gasteiger partial charge in [0.2, 0.25) is 5.91 Å². The van der Waals surface area contributed by atoms with Crippen molar-refractivity contribution in [3.63, 3.8) is 0 Å². The van der Waals surface area contributed by atoms with Crippen molar-refractivity contribution in [3.05, 3.63) is 101 Å². The second-order valence-electron chi connectivity index (χ2n) is 11.8. The van der Waals surface area contributed by atoms with Gasteiger partial charge in [0.15, 0.2) is 0 Å². The molecular formula is C38H49N3O5. The fourth-order valence-electron chi connectivity index (χ4n) is 5.73. The normalized spacial score (nSPS) is 17.7. The number of allylic oxidation sites excluding steroid dienone is 1. The molecule has 3 aromatic rings. The van der Waals surface area contributed by atoms with Crippen LogP contribution in [0.5, 0.6) is 5.75 Å². The predicted octanol–water partition coefficient (Wildman–Crippen LogP) is 8.08. The van der Waals surface area contributed by atoms with E-state index in [0.29, 0.717) is 31.2 Å². The third-order valence-corrected chi connectivity index (χ3v) is 8.83. The molecular weight excluding hydrogens is 578 g/mol. The Bertz CT molecular complexity index is 1460. The molecule has 8 nitrogen and oxygen atoms in total. The van der Waals surface area contributed by atoms with Crippen LogP contribution in [0.25, 0.3) is 0 Å². The molecule has 246 valence electrons. The van der Waals surface area contributed by atoms with Gasteiger partial charge in [0.25, 0.3) is 0 Å². The highest BCUT2D eigenvalue weighted by Crippen LogP contribution is 2.33. The van der Waals surface area contributed by atoms with Crippen LogP contribution in [-0.4, -0.2) is 54.3 Å². The molecule has 0 aromatic heterocycles. The third-order valence-electron chi connectivity index (χ3n) is 8.83. The van der Waals surface area contributed by atoms with Crippen molar-refractivity contribution in [3.8, 4) is 5.75 Å². The fourth-order valence-corrected chi connectivity index (χ4v) is 5.73. The monoisotopic (exact) mass is 627 g/mol. The lowest BCUT2D eigenvalue weighted by atomic mass is 9.91. The van der Waals surface area contributed by atoms with Gasteiger partial charge in [-0.2, -0.15) is 0 Å². The summed E-state index contributed by atoms with van der Waals surface area (Å²) in [6, 6.07) is 22.8. The SMILES string of the molecule is CC.CCC(C)c1ccccc1NC(Nc1ccc(CC(=O)N2CC(OC)CC2COc2ccc(C(=O)O)cc2)cc1)=C1CCC1. The van der Waals surface area contributed by atoms with Gasteiger partial charge in [-0.25, -0.2) is 4.79 Å². The number of hydrogen-bond acceptors (Lipinski definition) is 6. The Morgan fingerprint density at radius 1 is 0.978 bits per heavy atom. The lowest BCUT2D eigenvalue weighted by Crippen LogP contribution is -2.40. The summed E-state index contributed by atoms with van der Waals surface area (Å²) in [7, 11) is 1.66. The van der Waals surface area contributed by atoms with Gasteiger partial charge in [-0.3, -0.25) is 4.79 Å². The maximum atomic E-state index is 13.4. The van der Waals surface area contributed by atoms with E-state index in [1.165, 1.54) is 29.7 Å². The van der Waals surface area contributed by atoms with Crippen LogP contribution >= 0.6 is 0 Å². The van der Waals surface area contributed by atoms with Crippen LogP contribution in [0.4, 0.5) is 11.4 Å². The molecule has 1 aliphatic heterocycles. The van der Waals surface area contributed by atoms with Crippen molar-refractivity contribution in [1.29, 1.82) is 0 Å². The molecule has 1 saturated heterocycles. The van der Waals surface area contributed by atoms with Crippen molar-refractivity contribution < 1.29 is 24.2 Å². The van der Waals surface area contributed by atoms with E-state index in [0.717, 1.165) is 42.0 Å². The number of ether oxygens (including phenoxy) is 2. The van der Waals surface area contributed by atoms with Crippen LogP contribution in [-0.2, 0) is 16.0 Å². The molecule has 5 rings (SSSR count). The number of carboxylic acid groups (broad SMARTS) is 1. The van der Waals surface area contributed by atoms with Gasteiger partial charge in [0.1, 0.15) is 18.2 Å². The van der Waals surface area contributed by atoms with Crippen LogP contribution < -0.4 is 15.4 Å². The maximum absolute atomic E-state index is 13.4. The highest BCUT2D eigenvalue weighted by molar-refractivity contribution is 5.87. The van der Waals surface area contributed by atoms with Gasteiger partial charge >= 0.3 is 5.97 Å². The zero-order valence-electron chi connectivity index (χ0n) is 27.8. The van der Waals surface area contributed by atoms with Crippen molar-refractivity contribution in [2.75, 3.05) is 30.9 Å². The molecule has 3 aromatic carbocycles. The first-order chi connectivity index (χ1) is 22.3. The molecule has 3 atom stereocenters. The van der Waals surface area contributed by atoms with E-state index >= 15 is 0 Å². The molecule has 46 heavy (non-hydrogen) atoms. The van der Waals surface area contributed by atoms with Gasteiger partial charge in [0.05, 0.1) is 24.1 Å². The summed E-state index contributed by atoms with van der Waals surface area (Å²) >= 11 is 0. The first kappa shape index (κ1) is 34.6. The number of para-hydroxylation sites is 1. The van der Waals surface area contributed by atoms with E-state index in [1.807, 2.05) is 43.0 Å². The number of likely N-dealkylation sites (tertiary alicyclic amines) is 1. The number of aromatic carboxylic acids is 1. The lowest BCUT2D eigenvalue weighted by Gasteiger charge is -2.26. The van der Waals surface area contributed by atoms with Crippen LogP contribution in [0.1, 0.15) is 87.2 Å². The van der Waals surface area contributed by atoms with E-state index < -0.39 is 5.97 Å². The Balaban J connectivity index is 0.00000235. The summed E-state index contributed by atoms with van der Waals surface area (Å²) in [5.41, 5.74) is 5.98. The molecule has 1 aliphatic carbocycles. The molecule has 1 heterocycles.